The first-order valence-electron chi connectivity index (χ1n) is 6.61. The van der Waals surface area contributed by atoms with Gasteiger partial charge in [-0.15, -0.1) is 12.4 Å². The van der Waals surface area contributed by atoms with Crippen molar-refractivity contribution >= 4 is 22.4 Å². The number of halogens is 1. The molecule has 0 amide bonds. The zero-order valence-electron chi connectivity index (χ0n) is 11.7. The molecule has 1 saturated heterocycles. The molecule has 1 aliphatic rings. The fraction of sp³-hybridized carbons (Fsp3) is 0.538. The molecule has 0 aliphatic carbocycles. The van der Waals surface area contributed by atoms with Gasteiger partial charge in [0, 0.05) is 18.4 Å². The average Bonchev–Trinajstić information content (AvgIpc) is 2.48. The topological polar surface area (TPSA) is 94.9 Å². The molecule has 0 radical (unpaired) electrons. The first-order chi connectivity index (χ1) is 9.53. The molecule has 0 saturated carbocycles. The number of rotatable bonds is 4. The number of nitriles is 1. The summed E-state index contributed by atoms with van der Waals surface area (Å²) in [5.74, 6) is 0.283. The number of nitrogens with one attached hydrogen (secondary N) is 2. The van der Waals surface area contributed by atoms with Gasteiger partial charge in [0.1, 0.15) is 11.0 Å². The molecule has 8 heteroatoms. The molecule has 1 aromatic rings. The van der Waals surface area contributed by atoms with Gasteiger partial charge in [-0.3, -0.25) is 4.98 Å². The van der Waals surface area contributed by atoms with Crippen molar-refractivity contribution < 1.29 is 8.42 Å². The molecule has 2 atom stereocenters. The van der Waals surface area contributed by atoms with E-state index in [4.69, 9.17) is 5.26 Å². The Morgan fingerprint density at radius 2 is 2.29 bits per heavy atom. The van der Waals surface area contributed by atoms with Crippen molar-refractivity contribution in [2.45, 2.75) is 30.7 Å². The maximum Gasteiger partial charge on any atom is 0.242 e. The maximum atomic E-state index is 12.3. The van der Waals surface area contributed by atoms with Crippen LogP contribution in [0.4, 0.5) is 0 Å². The highest BCUT2D eigenvalue weighted by Gasteiger charge is 2.25. The SMILES string of the molecule is CC(NS(=O)(=O)c1cncc(C#N)c1)C1CCCNC1.Cl. The minimum atomic E-state index is -3.63. The van der Waals surface area contributed by atoms with E-state index in [-0.39, 0.29) is 34.8 Å². The highest BCUT2D eigenvalue weighted by Crippen LogP contribution is 2.17. The molecule has 2 N–H and O–H groups in total. The summed E-state index contributed by atoms with van der Waals surface area (Å²) >= 11 is 0. The first-order valence-corrected chi connectivity index (χ1v) is 8.09. The summed E-state index contributed by atoms with van der Waals surface area (Å²) in [6.07, 6.45) is 4.66. The Kier molecular flexibility index (Phi) is 6.55. The van der Waals surface area contributed by atoms with Crippen molar-refractivity contribution in [1.29, 1.82) is 5.26 Å². The van der Waals surface area contributed by atoms with E-state index in [0.717, 1.165) is 25.9 Å². The van der Waals surface area contributed by atoms with E-state index in [1.807, 2.05) is 13.0 Å². The zero-order valence-corrected chi connectivity index (χ0v) is 13.4. The van der Waals surface area contributed by atoms with Gasteiger partial charge in [-0.25, -0.2) is 13.1 Å². The molecule has 116 valence electrons. The van der Waals surface area contributed by atoms with Gasteiger partial charge in [0.2, 0.25) is 10.0 Å². The second kappa shape index (κ2) is 7.71. The molecule has 2 heterocycles. The molecule has 21 heavy (non-hydrogen) atoms. The number of nitrogens with zero attached hydrogens (tertiary/aromatic N) is 2. The monoisotopic (exact) mass is 330 g/mol. The van der Waals surface area contributed by atoms with E-state index in [1.165, 1.54) is 18.5 Å². The molecule has 0 bridgehead atoms. The Bertz CT molecular complexity index is 609. The molecular weight excluding hydrogens is 312 g/mol. The third-order valence-corrected chi connectivity index (χ3v) is 5.06. The van der Waals surface area contributed by atoms with Crippen LogP contribution in [-0.4, -0.2) is 32.5 Å². The van der Waals surface area contributed by atoms with Gasteiger partial charge in [-0.05, 0) is 44.8 Å². The molecule has 0 aromatic carbocycles. The predicted molar refractivity (Wildman–Crippen MR) is 81.6 cm³/mol. The van der Waals surface area contributed by atoms with Crippen LogP contribution in [0.2, 0.25) is 0 Å². The molecule has 2 rings (SSSR count). The number of sulfonamides is 1. The predicted octanol–water partition coefficient (Wildman–Crippen LogP) is 1.04. The summed E-state index contributed by atoms with van der Waals surface area (Å²) in [4.78, 5) is 3.82. The lowest BCUT2D eigenvalue weighted by atomic mass is 9.94. The zero-order chi connectivity index (χ0) is 14.6. The summed E-state index contributed by atoms with van der Waals surface area (Å²) in [6.45, 7) is 3.68. The molecule has 6 nitrogen and oxygen atoms in total. The van der Waals surface area contributed by atoms with Gasteiger partial charge < -0.3 is 5.32 Å². The Balaban J connectivity index is 0.00000220. The van der Waals surface area contributed by atoms with Crippen LogP contribution >= 0.6 is 12.4 Å². The van der Waals surface area contributed by atoms with Crippen molar-refractivity contribution in [3.8, 4) is 6.07 Å². The normalized spacial score (nSPS) is 20.1. The van der Waals surface area contributed by atoms with Crippen LogP contribution in [0, 0.1) is 17.2 Å². The van der Waals surface area contributed by atoms with E-state index in [1.54, 1.807) is 0 Å². The van der Waals surface area contributed by atoms with Crippen molar-refractivity contribution in [3.63, 3.8) is 0 Å². The summed E-state index contributed by atoms with van der Waals surface area (Å²) in [7, 11) is -3.63. The third kappa shape index (κ3) is 4.64. The maximum absolute atomic E-state index is 12.3. The lowest BCUT2D eigenvalue weighted by Gasteiger charge is -2.28. The van der Waals surface area contributed by atoms with E-state index < -0.39 is 10.0 Å². The van der Waals surface area contributed by atoms with Gasteiger partial charge >= 0.3 is 0 Å². The molecule has 1 aliphatic heterocycles. The molecular formula is C13H19ClN4O2S. The van der Waals surface area contributed by atoms with E-state index in [9.17, 15) is 8.42 Å². The molecule has 2 unspecified atom stereocenters. The highest BCUT2D eigenvalue weighted by atomic mass is 35.5. The third-order valence-electron chi connectivity index (χ3n) is 3.54. The van der Waals surface area contributed by atoms with Gasteiger partial charge in [0.05, 0.1) is 5.56 Å². The summed E-state index contributed by atoms with van der Waals surface area (Å²) in [6, 6.07) is 3.07. The fourth-order valence-electron chi connectivity index (χ4n) is 2.34. The van der Waals surface area contributed by atoms with Crippen LogP contribution in [0.3, 0.4) is 0 Å². The number of hydrogen-bond acceptors (Lipinski definition) is 5. The van der Waals surface area contributed by atoms with Crippen LogP contribution in [0.5, 0.6) is 0 Å². The fourth-order valence-corrected chi connectivity index (χ4v) is 3.64. The number of aromatic nitrogens is 1. The number of hydrogen-bond donors (Lipinski definition) is 2. The van der Waals surface area contributed by atoms with Crippen molar-refractivity contribution in [2.75, 3.05) is 13.1 Å². The van der Waals surface area contributed by atoms with Gasteiger partial charge in [-0.2, -0.15) is 5.26 Å². The Hall–Kier alpha value is -1.20. The Morgan fingerprint density at radius 1 is 1.52 bits per heavy atom. The van der Waals surface area contributed by atoms with E-state index in [2.05, 4.69) is 15.0 Å². The van der Waals surface area contributed by atoms with Crippen LogP contribution in [0.15, 0.2) is 23.4 Å². The average molecular weight is 331 g/mol. The van der Waals surface area contributed by atoms with Crippen LogP contribution in [0.1, 0.15) is 25.3 Å². The summed E-state index contributed by atoms with van der Waals surface area (Å²) in [5, 5.41) is 12.1. The Labute approximate surface area is 131 Å². The van der Waals surface area contributed by atoms with Crippen molar-refractivity contribution in [1.82, 2.24) is 15.0 Å². The lowest BCUT2D eigenvalue weighted by molar-refractivity contribution is 0.320. The number of piperidine rings is 1. The van der Waals surface area contributed by atoms with Crippen LogP contribution in [-0.2, 0) is 10.0 Å². The van der Waals surface area contributed by atoms with Crippen molar-refractivity contribution in [2.24, 2.45) is 5.92 Å². The lowest BCUT2D eigenvalue weighted by Crippen LogP contribution is -2.44. The summed E-state index contributed by atoms with van der Waals surface area (Å²) < 4.78 is 27.2. The van der Waals surface area contributed by atoms with Gasteiger partial charge in [-0.1, -0.05) is 0 Å². The second-order valence-electron chi connectivity index (χ2n) is 5.04. The van der Waals surface area contributed by atoms with Crippen LogP contribution < -0.4 is 10.0 Å². The van der Waals surface area contributed by atoms with Gasteiger partial charge in [0.25, 0.3) is 0 Å². The van der Waals surface area contributed by atoms with Crippen molar-refractivity contribution in [3.05, 3.63) is 24.0 Å². The molecule has 1 aromatic heterocycles. The molecule has 0 spiro atoms. The van der Waals surface area contributed by atoms with Crippen LogP contribution in [0.25, 0.3) is 0 Å². The van der Waals surface area contributed by atoms with E-state index in [0.29, 0.717) is 0 Å². The van der Waals surface area contributed by atoms with Gasteiger partial charge in [0.15, 0.2) is 0 Å². The highest BCUT2D eigenvalue weighted by molar-refractivity contribution is 7.89. The minimum absolute atomic E-state index is 0. The first kappa shape index (κ1) is 17.9. The van der Waals surface area contributed by atoms with E-state index >= 15 is 0 Å². The smallest absolute Gasteiger partial charge is 0.242 e. The standard InChI is InChI=1S/C13H18N4O2S.ClH/c1-10(12-3-2-4-15-8-12)17-20(18,19)13-5-11(6-14)7-16-9-13;/h5,7,9-10,12,15,17H,2-4,8H2,1H3;1H. The molecule has 1 fully saturated rings. The number of pyridine rings is 1. The largest absolute Gasteiger partial charge is 0.316 e. The summed E-state index contributed by atoms with van der Waals surface area (Å²) in [5.41, 5.74) is 0.236. The minimum Gasteiger partial charge on any atom is -0.316 e. The quantitative estimate of drug-likeness (QED) is 0.860. The second-order valence-corrected chi connectivity index (χ2v) is 6.75. The Morgan fingerprint density at radius 3 is 2.90 bits per heavy atom.